The molecule has 0 saturated carbocycles. The normalized spacial score (nSPS) is 12.0. The minimum atomic E-state index is -0.155. The Balaban J connectivity index is 2.12. The van der Waals surface area contributed by atoms with Crippen molar-refractivity contribution in [3.8, 4) is 0 Å². The maximum Gasteiger partial charge on any atom is 0.270 e. The fourth-order valence-corrected chi connectivity index (χ4v) is 3.15. The van der Waals surface area contributed by atoms with Crippen LogP contribution in [0.1, 0.15) is 38.8 Å². The van der Waals surface area contributed by atoms with Crippen LogP contribution in [0.5, 0.6) is 0 Å². The molecule has 1 unspecified atom stereocenters. The van der Waals surface area contributed by atoms with Gasteiger partial charge in [-0.05, 0) is 44.5 Å². The summed E-state index contributed by atoms with van der Waals surface area (Å²) in [6, 6.07) is 7.47. The number of anilines is 1. The Kier molecular flexibility index (Phi) is 4.39. The Morgan fingerprint density at radius 1 is 1.35 bits per heavy atom. The first kappa shape index (κ1) is 14.5. The molecule has 106 valence electrons. The van der Waals surface area contributed by atoms with Crippen LogP contribution in [0.15, 0.2) is 24.3 Å². The third-order valence-corrected chi connectivity index (χ3v) is 4.11. The van der Waals surface area contributed by atoms with E-state index in [0.717, 1.165) is 0 Å². The highest BCUT2D eigenvalue weighted by molar-refractivity contribution is 7.12. The van der Waals surface area contributed by atoms with E-state index in [0.29, 0.717) is 11.5 Å². The number of amides is 1. The first-order chi connectivity index (χ1) is 9.51. The van der Waals surface area contributed by atoms with Crippen LogP contribution in [-0.2, 0) is 0 Å². The number of rotatable bonds is 4. The molecule has 0 spiro atoms. The summed E-state index contributed by atoms with van der Waals surface area (Å²) < 4.78 is 0. The predicted octanol–water partition coefficient (Wildman–Crippen LogP) is 3.29. The van der Waals surface area contributed by atoms with Crippen molar-refractivity contribution in [2.24, 2.45) is 0 Å². The highest BCUT2D eigenvalue weighted by Gasteiger charge is 2.15. The molecule has 2 aromatic rings. The van der Waals surface area contributed by atoms with Gasteiger partial charge in [-0.15, -0.1) is 11.3 Å². The van der Waals surface area contributed by atoms with Crippen LogP contribution in [0, 0.1) is 13.8 Å². The van der Waals surface area contributed by atoms with Crippen molar-refractivity contribution in [2.75, 3.05) is 12.4 Å². The van der Waals surface area contributed by atoms with Crippen molar-refractivity contribution < 1.29 is 4.79 Å². The van der Waals surface area contributed by atoms with E-state index in [1.807, 2.05) is 19.1 Å². The number of nitrogens with zero attached hydrogens (tertiary/aromatic N) is 1. The van der Waals surface area contributed by atoms with E-state index in [4.69, 9.17) is 0 Å². The second-order valence-electron chi connectivity index (χ2n) is 4.72. The highest BCUT2D eigenvalue weighted by atomic mass is 32.1. The van der Waals surface area contributed by atoms with Crippen LogP contribution in [0.25, 0.3) is 0 Å². The number of pyridine rings is 1. The molecule has 0 radical (unpaired) electrons. The van der Waals surface area contributed by atoms with Gasteiger partial charge in [-0.3, -0.25) is 4.79 Å². The standard InChI is InChI=1S/C15H19N3OS/c1-9-8-12(11(3)20-9)10(2)17-15(19)13-6-5-7-14(16-4)18-13/h5-8,10H,1-4H3,(H,16,18)(H,17,19). The molecule has 0 aliphatic rings. The fraction of sp³-hybridized carbons (Fsp3) is 0.333. The summed E-state index contributed by atoms with van der Waals surface area (Å²) in [6.07, 6.45) is 0. The van der Waals surface area contributed by atoms with Crippen LogP contribution in [0.2, 0.25) is 0 Å². The summed E-state index contributed by atoms with van der Waals surface area (Å²) in [5.74, 6) is 0.533. The van der Waals surface area contributed by atoms with E-state index >= 15 is 0 Å². The van der Waals surface area contributed by atoms with Gasteiger partial charge in [-0.25, -0.2) is 4.98 Å². The van der Waals surface area contributed by atoms with Gasteiger partial charge < -0.3 is 10.6 Å². The van der Waals surface area contributed by atoms with Crippen LogP contribution in [0.3, 0.4) is 0 Å². The Hall–Kier alpha value is -1.88. The van der Waals surface area contributed by atoms with Crippen LogP contribution in [0.4, 0.5) is 5.82 Å². The molecule has 2 rings (SSSR count). The minimum Gasteiger partial charge on any atom is -0.373 e. The van der Waals surface area contributed by atoms with Gasteiger partial charge in [-0.1, -0.05) is 6.07 Å². The molecule has 2 N–H and O–H groups in total. The molecule has 20 heavy (non-hydrogen) atoms. The van der Waals surface area contributed by atoms with Crippen molar-refractivity contribution in [3.05, 3.63) is 45.3 Å². The van der Waals surface area contributed by atoms with Crippen LogP contribution in [-0.4, -0.2) is 17.9 Å². The molecule has 0 saturated heterocycles. The summed E-state index contributed by atoms with van der Waals surface area (Å²) in [7, 11) is 1.78. The van der Waals surface area contributed by atoms with Crippen molar-refractivity contribution in [1.82, 2.24) is 10.3 Å². The van der Waals surface area contributed by atoms with Crippen molar-refractivity contribution in [1.29, 1.82) is 0 Å². The first-order valence-corrected chi connectivity index (χ1v) is 7.35. The Labute approximate surface area is 123 Å². The number of hydrogen-bond donors (Lipinski definition) is 2. The Morgan fingerprint density at radius 2 is 2.10 bits per heavy atom. The molecule has 0 aromatic carbocycles. The number of carbonyl (C=O) groups is 1. The maximum atomic E-state index is 12.2. The van der Waals surface area contributed by atoms with Crippen LogP contribution < -0.4 is 10.6 Å². The summed E-state index contributed by atoms with van der Waals surface area (Å²) in [6.45, 7) is 6.15. The van der Waals surface area contributed by atoms with E-state index in [1.165, 1.54) is 15.3 Å². The molecule has 0 aliphatic carbocycles. The number of aryl methyl sites for hydroxylation is 2. The summed E-state index contributed by atoms with van der Waals surface area (Å²) in [5.41, 5.74) is 1.60. The van der Waals surface area contributed by atoms with Gasteiger partial charge >= 0.3 is 0 Å². The van der Waals surface area contributed by atoms with Gasteiger partial charge in [0.2, 0.25) is 0 Å². The molecule has 2 aromatic heterocycles. The second kappa shape index (κ2) is 6.05. The molecular formula is C15H19N3OS. The van der Waals surface area contributed by atoms with Crippen molar-refractivity contribution in [2.45, 2.75) is 26.8 Å². The van der Waals surface area contributed by atoms with Gasteiger partial charge in [0, 0.05) is 16.8 Å². The maximum absolute atomic E-state index is 12.2. The fourth-order valence-electron chi connectivity index (χ4n) is 2.13. The lowest BCUT2D eigenvalue weighted by Crippen LogP contribution is -2.27. The van der Waals surface area contributed by atoms with E-state index in [9.17, 15) is 4.79 Å². The van der Waals surface area contributed by atoms with Gasteiger partial charge in [0.05, 0.1) is 6.04 Å². The molecule has 0 aliphatic heterocycles. The minimum absolute atomic E-state index is 0.0208. The second-order valence-corrected chi connectivity index (χ2v) is 6.18. The predicted molar refractivity (Wildman–Crippen MR) is 83.5 cm³/mol. The van der Waals surface area contributed by atoms with E-state index < -0.39 is 0 Å². The molecule has 5 heteroatoms. The van der Waals surface area contributed by atoms with Gasteiger partial charge in [0.1, 0.15) is 11.5 Å². The zero-order valence-electron chi connectivity index (χ0n) is 12.2. The third-order valence-electron chi connectivity index (χ3n) is 3.13. The lowest BCUT2D eigenvalue weighted by Gasteiger charge is -2.14. The number of nitrogens with one attached hydrogen (secondary N) is 2. The highest BCUT2D eigenvalue weighted by Crippen LogP contribution is 2.26. The number of hydrogen-bond acceptors (Lipinski definition) is 4. The van der Waals surface area contributed by atoms with E-state index in [1.54, 1.807) is 24.5 Å². The number of carbonyl (C=O) groups excluding carboxylic acids is 1. The first-order valence-electron chi connectivity index (χ1n) is 6.54. The molecule has 0 fully saturated rings. The molecule has 4 nitrogen and oxygen atoms in total. The molecule has 0 bridgehead atoms. The topological polar surface area (TPSA) is 54.0 Å². The SMILES string of the molecule is CNc1cccc(C(=O)NC(C)c2cc(C)sc2C)n1. The monoisotopic (exact) mass is 289 g/mol. The Bertz CT molecular complexity index is 621. The average Bonchev–Trinajstić information content (AvgIpc) is 2.77. The molecule has 1 atom stereocenters. The molecular weight excluding hydrogens is 270 g/mol. The van der Waals surface area contributed by atoms with Gasteiger partial charge in [0.25, 0.3) is 5.91 Å². The Morgan fingerprint density at radius 3 is 2.70 bits per heavy atom. The number of thiophene rings is 1. The molecule has 2 heterocycles. The van der Waals surface area contributed by atoms with E-state index in [-0.39, 0.29) is 11.9 Å². The largest absolute Gasteiger partial charge is 0.373 e. The lowest BCUT2D eigenvalue weighted by atomic mass is 10.1. The number of aromatic nitrogens is 1. The lowest BCUT2D eigenvalue weighted by molar-refractivity contribution is 0.0935. The summed E-state index contributed by atoms with van der Waals surface area (Å²) in [4.78, 5) is 19.0. The smallest absolute Gasteiger partial charge is 0.270 e. The zero-order chi connectivity index (χ0) is 14.7. The van der Waals surface area contributed by atoms with Gasteiger partial charge in [-0.2, -0.15) is 0 Å². The van der Waals surface area contributed by atoms with Gasteiger partial charge in [0.15, 0.2) is 0 Å². The van der Waals surface area contributed by atoms with Crippen molar-refractivity contribution >= 4 is 23.1 Å². The quantitative estimate of drug-likeness (QED) is 0.908. The third kappa shape index (κ3) is 3.17. The van der Waals surface area contributed by atoms with Crippen LogP contribution >= 0.6 is 11.3 Å². The zero-order valence-corrected chi connectivity index (χ0v) is 13.0. The summed E-state index contributed by atoms with van der Waals surface area (Å²) in [5, 5.41) is 5.93. The van der Waals surface area contributed by atoms with E-state index in [2.05, 4.69) is 35.5 Å². The molecule has 1 amide bonds. The summed E-state index contributed by atoms with van der Waals surface area (Å²) >= 11 is 1.75. The van der Waals surface area contributed by atoms with Crippen molar-refractivity contribution in [3.63, 3.8) is 0 Å². The average molecular weight is 289 g/mol.